The van der Waals surface area contributed by atoms with E-state index < -0.39 is 35.2 Å². The van der Waals surface area contributed by atoms with E-state index in [1.807, 2.05) is 6.26 Å². The Morgan fingerprint density at radius 1 is 1.26 bits per heavy atom. The molecule has 1 fully saturated rings. The average Bonchev–Trinajstić information content (AvgIpc) is 3.21. The number of carbonyl (C=O) groups is 3. The minimum absolute atomic E-state index is 0.396. The lowest BCUT2D eigenvalue weighted by molar-refractivity contribution is -0.146. The maximum absolute atomic E-state index is 12.4. The van der Waals surface area contributed by atoms with Crippen LogP contribution in [0.2, 0.25) is 0 Å². The number of amides is 2. The van der Waals surface area contributed by atoms with Gasteiger partial charge in [0.2, 0.25) is 5.91 Å². The zero-order chi connectivity index (χ0) is 17.7. The molecular formula is C15H26N2O5S. The van der Waals surface area contributed by atoms with Crippen LogP contribution in [0.5, 0.6) is 0 Å². The molecule has 2 N–H and O–H groups in total. The number of methoxy groups -OCH3 is 1. The number of thioether (sulfide) groups is 1. The molecule has 23 heavy (non-hydrogen) atoms. The normalized spacial score (nSPS) is 16.9. The minimum atomic E-state index is -0.931. The van der Waals surface area contributed by atoms with Crippen molar-refractivity contribution in [2.24, 2.45) is 0 Å². The van der Waals surface area contributed by atoms with E-state index in [-0.39, 0.29) is 0 Å². The monoisotopic (exact) mass is 346 g/mol. The predicted molar refractivity (Wildman–Crippen MR) is 88.3 cm³/mol. The second kappa shape index (κ2) is 7.90. The van der Waals surface area contributed by atoms with Gasteiger partial charge in [-0.1, -0.05) is 0 Å². The van der Waals surface area contributed by atoms with Crippen LogP contribution in [0, 0.1) is 0 Å². The summed E-state index contributed by atoms with van der Waals surface area (Å²) in [5, 5.41) is 5.28. The number of alkyl carbamates (subject to hydrolysis) is 1. The molecule has 0 aromatic carbocycles. The standard InChI is InChI=1S/C15H26N2O5S/c1-14(2,3)22-13(20)16-10(6-9-23-5)11(18)17-15(7-8-15)12(19)21-4/h10H,6-9H2,1-5H3,(H,16,20)(H,17,18)/t10-/m0/s1. The van der Waals surface area contributed by atoms with Crippen molar-refractivity contribution in [1.29, 1.82) is 0 Å². The number of rotatable bonds is 7. The van der Waals surface area contributed by atoms with Gasteiger partial charge >= 0.3 is 12.1 Å². The Morgan fingerprint density at radius 2 is 1.87 bits per heavy atom. The number of hydrogen-bond acceptors (Lipinski definition) is 6. The summed E-state index contributed by atoms with van der Waals surface area (Å²) in [6, 6.07) is -0.751. The van der Waals surface area contributed by atoms with Crippen LogP contribution in [-0.4, -0.2) is 54.3 Å². The third kappa shape index (κ3) is 6.29. The van der Waals surface area contributed by atoms with Gasteiger partial charge < -0.3 is 20.1 Å². The molecule has 132 valence electrons. The number of ether oxygens (including phenoxy) is 2. The van der Waals surface area contributed by atoms with Gasteiger partial charge in [-0.05, 0) is 52.0 Å². The van der Waals surface area contributed by atoms with Crippen molar-refractivity contribution >= 4 is 29.7 Å². The highest BCUT2D eigenvalue weighted by Crippen LogP contribution is 2.36. The van der Waals surface area contributed by atoms with Crippen LogP contribution < -0.4 is 10.6 Å². The van der Waals surface area contributed by atoms with Crippen molar-refractivity contribution in [2.45, 2.75) is 57.2 Å². The smallest absolute Gasteiger partial charge is 0.408 e. The Morgan fingerprint density at radius 3 is 2.30 bits per heavy atom. The fourth-order valence-corrected chi connectivity index (χ4v) is 2.45. The Hall–Kier alpha value is -1.44. The fourth-order valence-electron chi connectivity index (χ4n) is 1.98. The summed E-state index contributed by atoms with van der Waals surface area (Å²) in [6.45, 7) is 5.25. The van der Waals surface area contributed by atoms with Crippen LogP contribution in [0.4, 0.5) is 4.79 Å². The van der Waals surface area contributed by atoms with Crippen LogP contribution in [-0.2, 0) is 19.1 Å². The van der Waals surface area contributed by atoms with Crippen molar-refractivity contribution in [3.8, 4) is 0 Å². The molecule has 0 unspecified atom stereocenters. The van der Waals surface area contributed by atoms with Crippen molar-refractivity contribution in [3.05, 3.63) is 0 Å². The third-order valence-corrected chi connectivity index (χ3v) is 3.95. The van der Waals surface area contributed by atoms with E-state index in [1.54, 1.807) is 32.5 Å². The maximum atomic E-state index is 12.4. The first-order chi connectivity index (χ1) is 10.6. The molecule has 8 heteroatoms. The van der Waals surface area contributed by atoms with E-state index in [9.17, 15) is 14.4 Å². The first-order valence-electron chi connectivity index (χ1n) is 7.52. The molecule has 0 aliphatic heterocycles. The first-order valence-corrected chi connectivity index (χ1v) is 8.92. The summed E-state index contributed by atoms with van der Waals surface area (Å²) in [7, 11) is 1.29. The van der Waals surface area contributed by atoms with Gasteiger partial charge in [-0.3, -0.25) is 4.79 Å². The molecule has 7 nitrogen and oxygen atoms in total. The number of nitrogens with one attached hydrogen (secondary N) is 2. The molecule has 0 heterocycles. The van der Waals surface area contributed by atoms with Gasteiger partial charge in [0.05, 0.1) is 7.11 Å². The van der Waals surface area contributed by atoms with E-state index in [0.717, 1.165) is 0 Å². The van der Waals surface area contributed by atoms with Crippen LogP contribution in [0.15, 0.2) is 0 Å². The molecule has 0 radical (unpaired) electrons. The summed E-state index contributed by atoms with van der Waals surface area (Å²) >= 11 is 1.57. The van der Waals surface area contributed by atoms with Crippen molar-refractivity contribution in [3.63, 3.8) is 0 Å². The Bertz CT molecular complexity index is 457. The Labute approximate surface area is 141 Å². The molecule has 1 atom stereocenters. The molecule has 1 saturated carbocycles. The summed E-state index contributed by atoms with van der Waals surface area (Å²) in [6.07, 6.45) is 2.81. The van der Waals surface area contributed by atoms with Gasteiger partial charge in [0.1, 0.15) is 17.2 Å². The van der Waals surface area contributed by atoms with Crippen LogP contribution in [0.3, 0.4) is 0 Å². The van der Waals surface area contributed by atoms with Gasteiger partial charge in [-0.15, -0.1) is 0 Å². The number of hydrogen-bond donors (Lipinski definition) is 2. The lowest BCUT2D eigenvalue weighted by Crippen LogP contribution is -2.53. The molecule has 0 bridgehead atoms. The van der Waals surface area contributed by atoms with Crippen molar-refractivity contribution in [1.82, 2.24) is 10.6 Å². The van der Waals surface area contributed by atoms with Crippen LogP contribution in [0.25, 0.3) is 0 Å². The van der Waals surface area contributed by atoms with E-state index in [4.69, 9.17) is 9.47 Å². The summed E-state index contributed by atoms with van der Waals surface area (Å²) in [5.41, 5.74) is -1.58. The van der Waals surface area contributed by atoms with Crippen molar-refractivity contribution in [2.75, 3.05) is 19.1 Å². The molecule has 1 aliphatic rings. The number of carbonyl (C=O) groups excluding carboxylic acids is 3. The average molecular weight is 346 g/mol. The SMILES string of the molecule is COC(=O)C1(NC(=O)[C@H](CCSC)NC(=O)OC(C)(C)C)CC1. The highest BCUT2D eigenvalue weighted by molar-refractivity contribution is 7.98. The molecule has 0 aromatic rings. The van der Waals surface area contributed by atoms with Gasteiger partial charge in [-0.2, -0.15) is 11.8 Å². The molecule has 1 rings (SSSR count). The second-order valence-corrected chi connectivity index (χ2v) is 7.53. The Kier molecular flexibility index (Phi) is 6.73. The zero-order valence-corrected chi connectivity index (χ0v) is 15.2. The highest BCUT2D eigenvalue weighted by atomic mass is 32.2. The Balaban J connectivity index is 2.67. The molecular weight excluding hydrogens is 320 g/mol. The van der Waals surface area contributed by atoms with Gasteiger partial charge in [0.25, 0.3) is 0 Å². The third-order valence-electron chi connectivity index (χ3n) is 3.31. The molecule has 1 aliphatic carbocycles. The largest absolute Gasteiger partial charge is 0.467 e. The predicted octanol–water partition coefficient (Wildman–Crippen LogP) is 1.45. The van der Waals surface area contributed by atoms with E-state index >= 15 is 0 Å². The summed E-state index contributed by atoms with van der Waals surface area (Å²) in [5.74, 6) is -0.154. The van der Waals surface area contributed by atoms with Crippen LogP contribution in [0.1, 0.15) is 40.0 Å². The molecule has 0 aromatic heterocycles. The van der Waals surface area contributed by atoms with Gasteiger partial charge in [-0.25, -0.2) is 9.59 Å². The molecule has 2 amide bonds. The van der Waals surface area contributed by atoms with Gasteiger partial charge in [0.15, 0.2) is 0 Å². The molecule has 0 spiro atoms. The van der Waals surface area contributed by atoms with Gasteiger partial charge in [0, 0.05) is 0 Å². The lowest BCUT2D eigenvalue weighted by atomic mass is 10.1. The molecule has 0 saturated heterocycles. The summed E-state index contributed by atoms with van der Waals surface area (Å²) in [4.78, 5) is 36.0. The van der Waals surface area contributed by atoms with E-state index in [1.165, 1.54) is 7.11 Å². The first kappa shape index (κ1) is 19.6. The minimum Gasteiger partial charge on any atom is -0.467 e. The van der Waals surface area contributed by atoms with E-state index in [0.29, 0.717) is 25.0 Å². The second-order valence-electron chi connectivity index (χ2n) is 6.54. The summed E-state index contributed by atoms with van der Waals surface area (Å²) < 4.78 is 9.90. The maximum Gasteiger partial charge on any atom is 0.408 e. The quantitative estimate of drug-likeness (QED) is 0.678. The van der Waals surface area contributed by atoms with E-state index in [2.05, 4.69) is 10.6 Å². The zero-order valence-electron chi connectivity index (χ0n) is 14.4. The van der Waals surface area contributed by atoms with Crippen molar-refractivity contribution < 1.29 is 23.9 Å². The number of esters is 1. The van der Waals surface area contributed by atoms with Crippen LogP contribution >= 0.6 is 11.8 Å². The topological polar surface area (TPSA) is 93.7 Å². The lowest BCUT2D eigenvalue weighted by Gasteiger charge is -2.24. The highest BCUT2D eigenvalue weighted by Gasteiger charge is 2.53. The fraction of sp³-hybridized carbons (Fsp3) is 0.800.